The average molecular weight is 189 g/mol. The first-order valence-electron chi connectivity index (χ1n) is 3.29. The summed E-state index contributed by atoms with van der Waals surface area (Å²) in [6, 6.07) is 1.50. The number of hydrogen-bond acceptors (Lipinski definition) is 3. The van der Waals surface area contributed by atoms with Gasteiger partial charge in [-0.05, 0) is 11.6 Å². The van der Waals surface area contributed by atoms with Gasteiger partial charge in [0, 0.05) is 6.07 Å². The molecule has 0 aliphatic rings. The molecular formula is C7H5F2NO3. The minimum absolute atomic E-state index is 0.0365. The number of hydrogen-bond donors (Lipinski definition) is 1. The van der Waals surface area contributed by atoms with Crippen molar-refractivity contribution in [2.24, 2.45) is 0 Å². The van der Waals surface area contributed by atoms with Gasteiger partial charge in [-0.15, -0.1) is 0 Å². The highest BCUT2D eigenvalue weighted by molar-refractivity contribution is 5.36. The molecule has 0 saturated heterocycles. The van der Waals surface area contributed by atoms with Crippen LogP contribution in [0.1, 0.15) is 5.56 Å². The zero-order chi connectivity index (χ0) is 10.0. The Labute approximate surface area is 71.6 Å². The molecular weight excluding hydrogens is 184 g/mol. The van der Waals surface area contributed by atoms with Crippen molar-refractivity contribution < 1.29 is 18.8 Å². The SMILES string of the molecule is O=[N+]([O-])c1cc(CO)cc(F)c1F. The van der Waals surface area contributed by atoms with E-state index >= 15 is 0 Å². The Morgan fingerprint density at radius 3 is 2.54 bits per heavy atom. The first kappa shape index (κ1) is 9.53. The van der Waals surface area contributed by atoms with Crippen molar-refractivity contribution in [3.8, 4) is 0 Å². The fraction of sp³-hybridized carbons (Fsp3) is 0.143. The Bertz CT molecular complexity index is 354. The molecule has 0 heterocycles. The molecule has 0 atom stereocenters. The molecule has 0 unspecified atom stereocenters. The molecule has 70 valence electrons. The highest BCUT2D eigenvalue weighted by atomic mass is 19.2. The van der Waals surface area contributed by atoms with Crippen LogP contribution in [0.15, 0.2) is 12.1 Å². The number of aliphatic hydroxyl groups is 1. The highest BCUT2D eigenvalue weighted by Gasteiger charge is 2.19. The quantitative estimate of drug-likeness (QED) is 0.564. The van der Waals surface area contributed by atoms with Crippen molar-refractivity contribution in [2.75, 3.05) is 0 Å². The van der Waals surface area contributed by atoms with Crippen LogP contribution in [0, 0.1) is 21.7 Å². The molecule has 0 amide bonds. The van der Waals surface area contributed by atoms with E-state index in [9.17, 15) is 18.9 Å². The van der Waals surface area contributed by atoms with E-state index in [1.165, 1.54) is 0 Å². The van der Waals surface area contributed by atoms with E-state index in [0.717, 1.165) is 6.07 Å². The summed E-state index contributed by atoms with van der Waals surface area (Å²) in [4.78, 5) is 9.12. The Morgan fingerprint density at radius 1 is 1.46 bits per heavy atom. The van der Waals surface area contributed by atoms with Gasteiger partial charge in [-0.1, -0.05) is 0 Å². The van der Waals surface area contributed by atoms with Gasteiger partial charge in [-0.25, -0.2) is 4.39 Å². The summed E-state index contributed by atoms with van der Waals surface area (Å²) in [5.41, 5.74) is -1.00. The second-order valence-corrected chi connectivity index (χ2v) is 2.33. The lowest BCUT2D eigenvalue weighted by molar-refractivity contribution is -0.387. The van der Waals surface area contributed by atoms with Crippen LogP contribution in [0.4, 0.5) is 14.5 Å². The first-order valence-corrected chi connectivity index (χ1v) is 3.29. The summed E-state index contributed by atoms with van der Waals surface area (Å²) < 4.78 is 25.3. The summed E-state index contributed by atoms with van der Waals surface area (Å²) in [5.74, 6) is -2.85. The fourth-order valence-corrected chi connectivity index (χ4v) is 0.853. The molecule has 4 nitrogen and oxygen atoms in total. The van der Waals surface area contributed by atoms with Gasteiger partial charge >= 0.3 is 5.69 Å². The van der Waals surface area contributed by atoms with Gasteiger partial charge in [0.25, 0.3) is 0 Å². The highest BCUT2D eigenvalue weighted by Crippen LogP contribution is 2.21. The molecule has 13 heavy (non-hydrogen) atoms. The first-order chi connectivity index (χ1) is 6.06. The third-order valence-corrected chi connectivity index (χ3v) is 1.45. The number of nitrogens with zero attached hydrogens (tertiary/aromatic N) is 1. The monoisotopic (exact) mass is 189 g/mol. The minimum Gasteiger partial charge on any atom is -0.392 e. The van der Waals surface area contributed by atoms with Gasteiger partial charge in [0.05, 0.1) is 11.5 Å². The van der Waals surface area contributed by atoms with Crippen LogP contribution >= 0.6 is 0 Å². The summed E-state index contributed by atoms with van der Waals surface area (Å²) in [5, 5.41) is 18.7. The zero-order valence-electron chi connectivity index (χ0n) is 6.33. The average Bonchev–Trinajstić information content (AvgIpc) is 2.09. The molecule has 1 N–H and O–H groups in total. The Morgan fingerprint density at radius 2 is 2.08 bits per heavy atom. The summed E-state index contributed by atoms with van der Waals surface area (Å²) in [7, 11) is 0. The van der Waals surface area contributed by atoms with Crippen molar-refractivity contribution in [3.63, 3.8) is 0 Å². The maximum Gasteiger partial charge on any atom is 0.308 e. The van der Waals surface area contributed by atoms with Crippen molar-refractivity contribution in [3.05, 3.63) is 39.4 Å². The number of rotatable bonds is 2. The van der Waals surface area contributed by atoms with Crippen LogP contribution in [0.3, 0.4) is 0 Å². The molecule has 0 fully saturated rings. The number of aliphatic hydroxyl groups excluding tert-OH is 1. The molecule has 0 aliphatic heterocycles. The van der Waals surface area contributed by atoms with E-state index in [2.05, 4.69) is 0 Å². The lowest BCUT2D eigenvalue weighted by atomic mass is 10.2. The smallest absolute Gasteiger partial charge is 0.308 e. The van der Waals surface area contributed by atoms with E-state index in [0.29, 0.717) is 6.07 Å². The summed E-state index contributed by atoms with van der Waals surface area (Å²) in [6.07, 6.45) is 0. The molecule has 1 aromatic rings. The Hall–Kier alpha value is -1.56. The molecule has 0 aliphatic carbocycles. The fourth-order valence-electron chi connectivity index (χ4n) is 0.853. The third kappa shape index (κ3) is 1.78. The van der Waals surface area contributed by atoms with E-state index in [-0.39, 0.29) is 5.56 Å². The zero-order valence-corrected chi connectivity index (χ0v) is 6.33. The molecule has 0 bridgehead atoms. The molecule has 0 spiro atoms. The molecule has 6 heteroatoms. The van der Waals surface area contributed by atoms with Crippen LogP contribution in [0.25, 0.3) is 0 Å². The van der Waals surface area contributed by atoms with Crippen LogP contribution in [0.5, 0.6) is 0 Å². The lowest BCUT2D eigenvalue weighted by Gasteiger charge is -1.98. The maximum atomic E-state index is 12.7. The number of benzene rings is 1. The van der Waals surface area contributed by atoms with Crippen LogP contribution < -0.4 is 0 Å². The van der Waals surface area contributed by atoms with Gasteiger partial charge < -0.3 is 5.11 Å². The maximum absolute atomic E-state index is 12.7. The number of nitro benzene ring substituents is 1. The Kier molecular flexibility index (Phi) is 2.52. The van der Waals surface area contributed by atoms with E-state index in [1.54, 1.807) is 0 Å². The van der Waals surface area contributed by atoms with Gasteiger partial charge in [-0.2, -0.15) is 4.39 Å². The van der Waals surface area contributed by atoms with E-state index in [1.807, 2.05) is 0 Å². The molecule has 0 saturated carbocycles. The molecule has 0 radical (unpaired) electrons. The topological polar surface area (TPSA) is 63.4 Å². The molecule has 1 aromatic carbocycles. The van der Waals surface area contributed by atoms with Crippen molar-refractivity contribution in [1.82, 2.24) is 0 Å². The normalized spacial score (nSPS) is 10.1. The largest absolute Gasteiger partial charge is 0.392 e. The molecule has 0 aromatic heterocycles. The second-order valence-electron chi connectivity index (χ2n) is 2.33. The summed E-state index contributed by atoms with van der Waals surface area (Å²) >= 11 is 0. The predicted octanol–water partition coefficient (Wildman–Crippen LogP) is 1.37. The summed E-state index contributed by atoms with van der Waals surface area (Å²) in [6.45, 7) is -0.571. The van der Waals surface area contributed by atoms with Crippen LogP contribution in [-0.2, 0) is 6.61 Å². The van der Waals surface area contributed by atoms with Gasteiger partial charge in [0.15, 0.2) is 5.82 Å². The van der Waals surface area contributed by atoms with Gasteiger partial charge in [0.2, 0.25) is 5.82 Å². The van der Waals surface area contributed by atoms with E-state index < -0.39 is 28.9 Å². The van der Waals surface area contributed by atoms with Gasteiger partial charge in [-0.3, -0.25) is 10.1 Å². The van der Waals surface area contributed by atoms with Crippen LogP contribution in [-0.4, -0.2) is 10.0 Å². The van der Waals surface area contributed by atoms with Crippen molar-refractivity contribution in [2.45, 2.75) is 6.61 Å². The second kappa shape index (κ2) is 3.44. The van der Waals surface area contributed by atoms with Crippen molar-refractivity contribution >= 4 is 5.69 Å². The third-order valence-electron chi connectivity index (χ3n) is 1.45. The van der Waals surface area contributed by atoms with Gasteiger partial charge in [0.1, 0.15) is 0 Å². The molecule has 1 rings (SSSR count). The number of nitro groups is 1. The van der Waals surface area contributed by atoms with E-state index in [4.69, 9.17) is 5.11 Å². The predicted molar refractivity (Wildman–Crippen MR) is 38.9 cm³/mol. The minimum atomic E-state index is -1.51. The van der Waals surface area contributed by atoms with Crippen LogP contribution in [0.2, 0.25) is 0 Å². The standard InChI is InChI=1S/C7H5F2NO3/c8-5-1-4(3-11)2-6(7(5)9)10(12)13/h1-2,11H,3H2. The Balaban J connectivity index is 3.33. The van der Waals surface area contributed by atoms with Crippen molar-refractivity contribution in [1.29, 1.82) is 0 Å². The number of halogens is 2. The lowest BCUT2D eigenvalue weighted by Crippen LogP contribution is -1.98.